The van der Waals surface area contributed by atoms with Gasteiger partial charge in [-0.3, -0.25) is 0 Å². The minimum atomic E-state index is -1.45. The molecule has 1 saturated heterocycles. The van der Waals surface area contributed by atoms with Gasteiger partial charge in [-0.05, 0) is 25.7 Å². The van der Waals surface area contributed by atoms with Crippen LogP contribution in [0.3, 0.4) is 0 Å². The molecule has 1 aromatic rings. The van der Waals surface area contributed by atoms with E-state index in [0.29, 0.717) is 5.41 Å². The van der Waals surface area contributed by atoms with Crippen LogP contribution in [0.25, 0.3) is 0 Å². The average molecular weight is 272 g/mol. The second-order valence-electron chi connectivity index (χ2n) is 6.86. The number of fused-ring (bicyclic) bond motifs is 1. The predicted molar refractivity (Wildman–Crippen MR) is 83.3 cm³/mol. The topological polar surface area (TPSA) is 9.23 Å². The summed E-state index contributed by atoms with van der Waals surface area (Å²) in [5.41, 5.74) is 0.530. The van der Waals surface area contributed by atoms with Gasteiger partial charge in [0.1, 0.15) is 8.07 Å². The molecule has 0 aromatic heterocycles. The van der Waals surface area contributed by atoms with Crippen LogP contribution in [-0.2, 0) is 4.74 Å². The third-order valence-electron chi connectivity index (χ3n) is 5.36. The van der Waals surface area contributed by atoms with E-state index in [9.17, 15) is 0 Å². The summed E-state index contributed by atoms with van der Waals surface area (Å²) in [6, 6.07) is 11.0. The van der Waals surface area contributed by atoms with Crippen molar-refractivity contribution in [2.45, 2.75) is 32.9 Å². The van der Waals surface area contributed by atoms with Gasteiger partial charge < -0.3 is 4.74 Å². The highest BCUT2D eigenvalue weighted by Gasteiger charge is 2.57. The van der Waals surface area contributed by atoms with Crippen LogP contribution in [-0.4, -0.2) is 21.3 Å². The summed E-state index contributed by atoms with van der Waals surface area (Å²) < 4.78 is 5.59. The first kappa shape index (κ1) is 13.1. The summed E-state index contributed by atoms with van der Waals surface area (Å²) in [4.78, 5) is 0. The lowest BCUT2D eigenvalue weighted by atomic mass is 10.0. The fourth-order valence-electron chi connectivity index (χ4n) is 3.25. The summed E-state index contributed by atoms with van der Waals surface area (Å²) >= 11 is 0. The highest BCUT2D eigenvalue weighted by molar-refractivity contribution is 6.95. The molecule has 1 aromatic carbocycles. The Morgan fingerprint density at radius 2 is 2.11 bits per heavy atom. The van der Waals surface area contributed by atoms with Crippen molar-refractivity contribution in [3.8, 4) is 0 Å². The number of hydrogen-bond acceptors (Lipinski definition) is 1. The highest BCUT2D eigenvalue weighted by atomic mass is 28.3. The van der Waals surface area contributed by atoms with Crippen molar-refractivity contribution in [2.24, 2.45) is 11.3 Å². The maximum atomic E-state index is 5.59. The Labute approximate surface area is 117 Å². The van der Waals surface area contributed by atoms with Gasteiger partial charge in [-0.15, -0.1) is 0 Å². The van der Waals surface area contributed by atoms with Crippen molar-refractivity contribution >= 4 is 13.3 Å². The number of rotatable bonds is 4. The summed E-state index contributed by atoms with van der Waals surface area (Å²) in [5.74, 6) is 0.859. The molecule has 0 spiro atoms. The summed E-state index contributed by atoms with van der Waals surface area (Å²) in [7, 11) is -1.45. The molecule has 0 radical (unpaired) electrons. The van der Waals surface area contributed by atoms with Crippen molar-refractivity contribution in [3.63, 3.8) is 0 Å². The molecule has 3 rings (SSSR count). The minimum absolute atomic E-state index is 0.530. The van der Waals surface area contributed by atoms with E-state index in [-0.39, 0.29) is 0 Å². The van der Waals surface area contributed by atoms with Gasteiger partial charge in [-0.1, -0.05) is 59.9 Å². The van der Waals surface area contributed by atoms with Crippen LogP contribution in [0.4, 0.5) is 0 Å². The van der Waals surface area contributed by atoms with Crippen molar-refractivity contribution in [1.29, 1.82) is 0 Å². The SMILES string of the molecule is C/C(=C\C[C@@]12COC[C@@H]1C2)[Si](C)(C)c1ccccc1. The lowest BCUT2D eigenvalue weighted by Gasteiger charge is -2.25. The van der Waals surface area contributed by atoms with Crippen LogP contribution < -0.4 is 5.19 Å². The van der Waals surface area contributed by atoms with Gasteiger partial charge in [0.2, 0.25) is 0 Å². The monoisotopic (exact) mass is 272 g/mol. The first-order valence-corrected chi connectivity index (χ1v) is 10.4. The second kappa shape index (κ2) is 4.60. The zero-order valence-corrected chi connectivity index (χ0v) is 13.3. The van der Waals surface area contributed by atoms with Crippen molar-refractivity contribution < 1.29 is 4.74 Å². The standard InChI is InChI=1S/C17H24OSi/c1-14(9-10-17-11-15(17)12-18-13-17)19(2,3)16-7-5-4-6-8-16/h4-9,15H,10-13H2,1-3H3/b14-9+/t15-,17+/m0/s1. The molecule has 19 heavy (non-hydrogen) atoms. The molecule has 0 bridgehead atoms. The van der Waals surface area contributed by atoms with Crippen LogP contribution >= 0.6 is 0 Å². The van der Waals surface area contributed by atoms with E-state index in [0.717, 1.165) is 19.1 Å². The smallest absolute Gasteiger partial charge is 0.106 e. The number of allylic oxidation sites excluding steroid dienone is 2. The quantitative estimate of drug-likeness (QED) is 0.762. The van der Waals surface area contributed by atoms with Crippen molar-refractivity contribution in [3.05, 3.63) is 41.6 Å². The van der Waals surface area contributed by atoms with E-state index in [1.54, 1.807) is 5.20 Å². The highest BCUT2D eigenvalue weighted by Crippen LogP contribution is 2.59. The molecular formula is C17H24OSi. The van der Waals surface area contributed by atoms with Crippen molar-refractivity contribution in [2.75, 3.05) is 13.2 Å². The first-order valence-electron chi connectivity index (χ1n) is 7.35. The van der Waals surface area contributed by atoms with E-state index in [4.69, 9.17) is 4.74 Å². The molecule has 1 saturated carbocycles. The van der Waals surface area contributed by atoms with E-state index in [1.165, 1.54) is 18.0 Å². The third kappa shape index (κ3) is 2.32. The molecule has 1 aliphatic heterocycles. The number of hydrogen-bond donors (Lipinski definition) is 0. The Bertz CT molecular complexity index is 491. The Kier molecular flexibility index (Phi) is 3.18. The molecule has 2 atom stereocenters. The second-order valence-corrected chi connectivity index (χ2v) is 11.5. The van der Waals surface area contributed by atoms with Gasteiger partial charge in [0.15, 0.2) is 0 Å². The number of ether oxygens (including phenoxy) is 1. The van der Waals surface area contributed by atoms with Crippen LogP contribution in [0.15, 0.2) is 41.6 Å². The van der Waals surface area contributed by atoms with Gasteiger partial charge in [-0.25, -0.2) is 0 Å². The molecule has 2 aliphatic rings. The molecule has 0 unspecified atom stereocenters. The maximum absolute atomic E-state index is 5.59. The predicted octanol–water partition coefficient (Wildman–Crippen LogP) is 3.51. The molecule has 1 nitrogen and oxygen atoms in total. The fraction of sp³-hybridized carbons (Fsp3) is 0.529. The molecule has 2 fully saturated rings. The van der Waals surface area contributed by atoms with Crippen molar-refractivity contribution in [1.82, 2.24) is 0 Å². The van der Waals surface area contributed by atoms with Crippen LogP contribution in [0.5, 0.6) is 0 Å². The van der Waals surface area contributed by atoms with Crippen LogP contribution in [0, 0.1) is 11.3 Å². The summed E-state index contributed by atoms with van der Waals surface area (Å²) in [5, 5.41) is 3.15. The molecule has 1 heterocycles. The largest absolute Gasteiger partial charge is 0.381 e. The Balaban J connectivity index is 1.74. The Morgan fingerprint density at radius 3 is 2.68 bits per heavy atom. The lowest BCUT2D eigenvalue weighted by molar-refractivity contribution is 0.147. The normalized spacial score (nSPS) is 30.3. The zero-order chi connectivity index (χ0) is 13.5. The molecule has 102 valence electrons. The van der Waals surface area contributed by atoms with Gasteiger partial charge in [0.05, 0.1) is 13.2 Å². The fourth-order valence-corrected chi connectivity index (χ4v) is 5.35. The van der Waals surface area contributed by atoms with Crippen LogP contribution in [0.1, 0.15) is 19.8 Å². The van der Waals surface area contributed by atoms with E-state index < -0.39 is 8.07 Å². The Morgan fingerprint density at radius 1 is 1.37 bits per heavy atom. The van der Waals surface area contributed by atoms with Gasteiger partial charge in [0, 0.05) is 5.41 Å². The molecule has 0 amide bonds. The molecule has 0 N–H and O–H groups in total. The van der Waals surface area contributed by atoms with E-state index >= 15 is 0 Å². The zero-order valence-electron chi connectivity index (χ0n) is 12.3. The Hall–Kier alpha value is -0.863. The lowest BCUT2D eigenvalue weighted by Crippen LogP contribution is -2.42. The summed E-state index contributed by atoms with van der Waals surface area (Å²) in [6.07, 6.45) is 5.14. The van der Waals surface area contributed by atoms with E-state index in [1.807, 2.05) is 0 Å². The maximum Gasteiger partial charge on any atom is 0.106 e. The van der Waals surface area contributed by atoms with Crippen LogP contribution in [0.2, 0.25) is 13.1 Å². The molecule has 1 aliphatic carbocycles. The average Bonchev–Trinajstić information content (AvgIpc) is 2.98. The molecule has 2 heteroatoms. The minimum Gasteiger partial charge on any atom is -0.381 e. The number of benzene rings is 1. The van der Waals surface area contributed by atoms with Gasteiger partial charge in [0.25, 0.3) is 0 Å². The first-order chi connectivity index (χ1) is 9.05. The third-order valence-corrected chi connectivity index (χ3v) is 9.32. The van der Waals surface area contributed by atoms with Gasteiger partial charge >= 0.3 is 0 Å². The summed E-state index contributed by atoms with van der Waals surface area (Å²) in [6.45, 7) is 9.26. The van der Waals surface area contributed by atoms with E-state index in [2.05, 4.69) is 56.4 Å². The van der Waals surface area contributed by atoms with Gasteiger partial charge in [-0.2, -0.15) is 0 Å². The molecular weight excluding hydrogens is 248 g/mol.